The summed E-state index contributed by atoms with van der Waals surface area (Å²) in [6.45, 7) is 0.667. The van der Waals surface area contributed by atoms with Gasteiger partial charge in [0, 0.05) is 6.20 Å². The fraction of sp³-hybridized carbons (Fsp3) is 0.333. The van der Waals surface area contributed by atoms with Gasteiger partial charge >= 0.3 is 0 Å². The lowest BCUT2D eigenvalue weighted by atomic mass is 10.2. The standard InChI is InChI=1S/C6H9N3O/c1-2-5-6(4-10-9-5)8-7-3-1/h1-3,6-9H,4H2. The molecule has 54 valence electrons. The molecule has 4 nitrogen and oxygen atoms in total. The monoisotopic (exact) mass is 139 g/mol. The molecule has 1 saturated heterocycles. The van der Waals surface area contributed by atoms with Crippen LogP contribution < -0.4 is 16.3 Å². The maximum atomic E-state index is 4.99. The predicted octanol–water partition coefficient (Wildman–Crippen LogP) is -0.605. The van der Waals surface area contributed by atoms with Gasteiger partial charge in [0.1, 0.15) is 0 Å². The van der Waals surface area contributed by atoms with Gasteiger partial charge < -0.3 is 5.43 Å². The molecule has 10 heavy (non-hydrogen) atoms. The summed E-state index contributed by atoms with van der Waals surface area (Å²) in [6.07, 6.45) is 5.74. The number of hydroxylamine groups is 1. The van der Waals surface area contributed by atoms with Gasteiger partial charge in [-0.05, 0) is 12.2 Å². The Labute approximate surface area is 58.9 Å². The number of rotatable bonds is 0. The van der Waals surface area contributed by atoms with E-state index in [1.807, 2.05) is 18.4 Å². The highest BCUT2D eigenvalue weighted by atomic mass is 16.7. The highest BCUT2D eigenvalue weighted by Gasteiger charge is 2.20. The highest BCUT2D eigenvalue weighted by Crippen LogP contribution is 2.07. The van der Waals surface area contributed by atoms with Gasteiger partial charge in [-0.1, -0.05) is 0 Å². The zero-order valence-electron chi connectivity index (χ0n) is 5.42. The lowest BCUT2D eigenvalue weighted by Gasteiger charge is -2.07. The van der Waals surface area contributed by atoms with E-state index in [1.54, 1.807) is 0 Å². The molecule has 0 spiro atoms. The van der Waals surface area contributed by atoms with Crippen LogP contribution in [0.2, 0.25) is 0 Å². The van der Waals surface area contributed by atoms with Crippen LogP contribution in [-0.4, -0.2) is 12.6 Å². The molecule has 0 aromatic heterocycles. The van der Waals surface area contributed by atoms with E-state index < -0.39 is 0 Å². The zero-order valence-corrected chi connectivity index (χ0v) is 5.42. The Morgan fingerprint density at radius 1 is 1.60 bits per heavy atom. The number of hydrogen-bond donors (Lipinski definition) is 3. The van der Waals surface area contributed by atoms with Gasteiger partial charge in [0.05, 0.1) is 18.3 Å². The van der Waals surface area contributed by atoms with Gasteiger partial charge in [-0.25, -0.2) is 5.43 Å². The summed E-state index contributed by atoms with van der Waals surface area (Å²) < 4.78 is 0. The first kappa shape index (κ1) is 5.76. The molecular weight excluding hydrogens is 130 g/mol. The summed E-state index contributed by atoms with van der Waals surface area (Å²) in [5.74, 6) is 0. The molecule has 4 heteroatoms. The van der Waals surface area contributed by atoms with Crippen LogP contribution in [0.1, 0.15) is 0 Å². The van der Waals surface area contributed by atoms with E-state index >= 15 is 0 Å². The molecule has 2 heterocycles. The number of hydrogen-bond acceptors (Lipinski definition) is 4. The van der Waals surface area contributed by atoms with E-state index in [9.17, 15) is 0 Å². The number of nitrogens with one attached hydrogen (secondary N) is 3. The van der Waals surface area contributed by atoms with Crippen LogP contribution in [0.3, 0.4) is 0 Å². The van der Waals surface area contributed by atoms with Gasteiger partial charge in [0.15, 0.2) is 0 Å². The Morgan fingerprint density at radius 3 is 3.60 bits per heavy atom. The number of allylic oxidation sites excluding steroid dienone is 2. The van der Waals surface area contributed by atoms with Crippen LogP contribution in [0.4, 0.5) is 0 Å². The Kier molecular flexibility index (Phi) is 1.34. The SMILES string of the molecule is C1=CNNC2CONC2=C1. The van der Waals surface area contributed by atoms with E-state index in [2.05, 4.69) is 16.3 Å². The third kappa shape index (κ3) is 0.872. The summed E-state index contributed by atoms with van der Waals surface area (Å²) in [5, 5.41) is 0. The molecule has 0 amide bonds. The van der Waals surface area contributed by atoms with Crippen LogP contribution >= 0.6 is 0 Å². The lowest BCUT2D eigenvalue weighted by molar-refractivity contribution is 0.106. The molecular formula is C6H9N3O. The van der Waals surface area contributed by atoms with Crippen molar-refractivity contribution in [3.05, 3.63) is 24.0 Å². The van der Waals surface area contributed by atoms with Crippen molar-refractivity contribution in [3.63, 3.8) is 0 Å². The Balaban J connectivity index is 2.18. The van der Waals surface area contributed by atoms with Crippen LogP contribution in [0.15, 0.2) is 24.0 Å². The summed E-state index contributed by atoms with van der Waals surface area (Å²) in [4.78, 5) is 4.99. The number of hydrazine groups is 1. The molecule has 2 aliphatic heterocycles. The molecule has 2 aliphatic rings. The van der Waals surface area contributed by atoms with Crippen molar-refractivity contribution in [2.45, 2.75) is 6.04 Å². The average molecular weight is 139 g/mol. The highest BCUT2D eigenvalue weighted by molar-refractivity contribution is 5.18. The second-order valence-electron chi connectivity index (χ2n) is 2.24. The van der Waals surface area contributed by atoms with Gasteiger partial charge in [0.25, 0.3) is 0 Å². The Hall–Kier alpha value is -1.00. The van der Waals surface area contributed by atoms with E-state index in [0.29, 0.717) is 6.61 Å². The predicted molar refractivity (Wildman–Crippen MR) is 36.4 cm³/mol. The summed E-state index contributed by atoms with van der Waals surface area (Å²) in [7, 11) is 0. The minimum Gasteiger partial charge on any atom is -0.328 e. The smallest absolute Gasteiger partial charge is 0.0973 e. The first-order valence-corrected chi connectivity index (χ1v) is 3.22. The zero-order chi connectivity index (χ0) is 6.81. The van der Waals surface area contributed by atoms with Crippen molar-refractivity contribution in [2.75, 3.05) is 6.61 Å². The quantitative estimate of drug-likeness (QED) is 0.419. The molecule has 0 aromatic rings. The van der Waals surface area contributed by atoms with Crippen molar-refractivity contribution >= 4 is 0 Å². The first-order chi connectivity index (χ1) is 4.97. The minimum atomic E-state index is 0.259. The van der Waals surface area contributed by atoms with E-state index in [4.69, 9.17) is 4.84 Å². The van der Waals surface area contributed by atoms with Crippen molar-refractivity contribution < 1.29 is 4.84 Å². The normalized spacial score (nSPS) is 29.6. The average Bonchev–Trinajstić information content (AvgIpc) is 2.28. The molecule has 0 saturated carbocycles. The summed E-state index contributed by atoms with van der Waals surface area (Å²) in [6, 6.07) is 0.259. The molecule has 0 aliphatic carbocycles. The second-order valence-corrected chi connectivity index (χ2v) is 2.24. The van der Waals surface area contributed by atoms with Gasteiger partial charge in [-0.3, -0.25) is 10.3 Å². The first-order valence-electron chi connectivity index (χ1n) is 3.22. The molecule has 1 fully saturated rings. The van der Waals surface area contributed by atoms with E-state index in [-0.39, 0.29) is 6.04 Å². The van der Waals surface area contributed by atoms with Crippen LogP contribution in [0, 0.1) is 0 Å². The van der Waals surface area contributed by atoms with Crippen LogP contribution in [0.25, 0.3) is 0 Å². The molecule has 1 atom stereocenters. The maximum absolute atomic E-state index is 4.99. The van der Waals surface area contributed by atoms with Gasteiger partial charge in [0.2, 0.25) is 0 Å². The summed E-state index contributed by atoms with van der Waals surface area (Å²) >= 11 is 0. The van der Waals surface area contributed by atoms with E-state index in [0.717, 1.165) is 5.70 Å². The topological polar surface area (TPSA) is 45.3 Å². The van der Waals surface area contributed by atoms with Gasteiger partial charge in [-0.2, -0.15) is 0 Å². The summed E-state index contributed by atoms with van der Waals surface area (Å²) in [5.41, 5.74) is 9.84. The third-order valence-corrected chi connectivity index (χ3v) is 1.53. The molecule has 1 unspecified atom stereocenters. The van der Waals surface area contributed by atoms with Gasteiger partial charge in [-0.15, -0.1) is 0 Å². The third-order valence-electron chi connectivity index (χ3n) is 1.53. The maximum Gasteiger partial charge on any atom is 0.0973 e. The fourth-order valence-electron chi connectivity index (χ4n) is 0.987. The fourth-order valence-corrected chi connectivity index (χ4v) is 0.987. The minimum absolute atomic E-state index is 0.259. The van der Waals surface area contributed by atoms with Crippen LogP contribution in [-0.2, 0) is 4.84 Å². The molecule has 0 bridgehead atoms. The van der Waals surface area contributed by atoms with Crippen molar-refractivity contribution in [2.24, 2.45) is 0 Å². The van der Waals surface area contributed by atoms with Crippen molar-refractivity contribution in [3.8, 4) is 0 Å². The molecule has 3 N–H and O–H groups in total. The van der Waals surface area contributed by atoms with E-state index in [1.165, 1.54) is 0 Å². The molecule has 0 radical (unpaired) electrons. The van der Waals surface area contributed by atoms with Crippen molar-refractivity contribution in [1.29, 1.82) is 0 Å². The lowest BCUT2D eigenvalue weighted by Crippen LogP contribution is -2.38. The Bertz CT molecular complexity index is 187. The largest absolute Gasteiger partial charge is 0.328 e. The van der Waals surface area contributed by atoms with Crippen LogP contribution in [0.5, 0.6) is 0 Å². The number of fused-ring (bicyclic) bond motifs is 1. The Morgan fingerprint density at radius 2 is 2.60 bits per heavy atom. The molecule has 2 rings (SSSR count). The van der Waals surface area contributed by atoms with Crippen molar-refractivity contribution in [1.82, 2.24) is 16.3 Å². The second kappa shape index (κ2) is 2.32. The molecule has 0 aromatic carbocycles.